The zero-order valence-corrected chi connectivity index (χ0v) is 11.6. The molecule has 4 nitrogen and oxygen atoms in total. The molecule has 1 aromatic heterocycles. The zero-order valence-electron chi connectivity index (χ0n) is 11.6. The van der Waals surface area contributed by atoms with E-state index in [0.717, 1.165) is 23.2 Å². The molecule has 2 rings (SSSR count). The minimum atomic E-state index is -0.213. The molecule has 19 heavy (non-hydrogen) atoms. The first-order valence-corrected chi connectivity index (χ1v) is 6.48. The first-order valence-electron chi connectivity index (χ1n) is 6.48. The number of aryl methyl sites for hydroxylation is 3. The molecule has 100 valence electrons. The van der Waals surface area contributed by atoms with Gasteiger partial charge in [0.25, 0.3) is 5.56 Å². The Morgan fingerprint density at radius 3 is 2.63 bits per heavy atom. The Morgan fingerprint density at radius 2 is 2.00 bits per heavy atom. The van der Waals surface area contributed by atoms with Crippen LogP contribution in [0.5, 0.6) is 0 Å². The van der Waals surface area contributed by atoms with Gasteiger partial charge < -0.3 is 5.73 Å². The number of hydrogen-bond donors (Lipinski definition) is 1. The molecule has 0 spiro atoms. The number of nitrogens with two attached hydrogens (primary N) is 1. The van der Waals surface area contributed by atoms with E-state index in [9.17, 15) is 4.79 Å². The lowest BCUT2D eigenvalue weighted by Crippen LogP contribution is -2.25. The van der Waals surface area contributed by atoms with Gasteiger partial charge >= 0.3 is 0 Å². The van der Waals surface area contributed by atoms with Crippen LogP contribution in [0.1, 0.15) is 24.5 Å². The molecule has 2 N–H and O–H groups in total. The number of hydrogen-bond acceptors (Lipinski definition) is 3. The third kappa shape index (κ3) is 2.67. The molecule has 0 atom stereocenters. The number of rotatable bonds is 3. The standard InChI is InChI=1S/C15H19N3O/c1-4-7-18-15(19)13(16)9-14(17-18)12-6-5-10(2)8-11(12)3/h5-6,8-9H,4,7,16H2,1-3H3. The molecular weight excluding hydrogens is 238 g/mol. The number of benzene rings is 1. The average Bonchev–Trinajstić information content (AvgIpc) is 2.35. The van der Waals surface area contributed by atoms with Crippen molar-refractivity contribution in [3.05, 3.63) is 45.7 Å². The summed E-state index contributed by atoms with van der Waals surface area (Å²) in [6.45, 7) is 6.68. The summed E-state index contributed by atoms with van der Waals surface area (Å²) in [5, 5.41) is 4.41. The van der Waals surface area contributed by atoms with E-state index in [2.05, 4.69) is 18.1 Å². The minimum Gasteiger partial charge on any atom is -0.394 e. The number of anilines is 1. The van der Waals surface area contributed by atoms with Crippen LogP contribution in [0.25, 0.3) is 11.3 Å². The van der Waals surface area contributed by atoms with Gasteiger partial charge in [-0.3, -0.25) is 4.79 Å². The SMILES string of the molecule is CCCn1nc(-c2ccc(C)cc2C)cc(N)c1=O. The molecule has 0 fully saturated rings. The minimum absolute atomic E-state index is 0.213. The number of nitrogens with zero attached hydrogens (tertiary/aromatic N) is 2. The summed E-state index contributed by atoms with van der Waals surface area (Å²) in [5.41, 5.74) is 9.94. The van der Waals surface area contributed by atoms with Gasteiger partial charge in [0.05, 0.1) is 5.69 Å². The zero-order chi connectivity index (χ0) is 14.0. The maximum absolute atomic E-state index is 11.9. The van der Waals surface area contributed by atoms with Crippen LogP contribution in [0.2, 0.25) is 0 Å². The fourth-order valence-electron chi connectivity index (χ4n) is 2.16. The van der Waals surface area contributed by atoms with Gasteiger partial charge in [0.15, 0.2) is 0 Å². The quantitative estimate of drug-likeness (QED) is 0.919. The van der Waals surface area contributed by atoms with Crippen molar-refractivity contribution in [2.75, 3.05) is 5.73 Å². The Morgan fingerprint density at radius 1 is 1.26 bits per heavy atom. The molecule has 0 bridgehead atoms. The van der Waals surface area contributed by atoms with Crippen LogP contribution in [-0.2, 0) is 6.54 Å². The molecule has 0 aliphatic heterocycles. The second kappa shape index (κ2) is 5.26. The van der Waals surface area contributed by atoms with E-state index >= 15 is 0 Å². The molecule has 0 saturated heterocycles. The Labute approximate surface area is 112 Å². The van der Waals surface area contributed by atoms with Gasteiger partial charge in [-0.05, 0) is 31.9 Å². The van der Waals surface area contributed by atoms with Crippen molar-refractivity contribution in [3.63, 3.8) is 0 Å². The molecule has 1 heterocycles. The Kier molecular flexibility index (Phi) is 3.69. The van der Waals surface area contributed by atoms with Crippen LogP contribution in [0.4, 0.5) is 5.69 Å². The normalized spacial score (nSPS) is 10.7. The second-order valence-electron chi connectivity index (χ2n) is 4.83. The van der Waals surface area contributed by atoms with Crippen molar-refractivity contribution in [2.45, 2.75) is 33.7 Å². The maximum Gasteiger partial charge on any atom is 0.289 e. The van der Waals surface area contributed by atoms with Crippen molar-refractivity contribution in [3.8, 4) is 11.3 Å². The molecule has 0 aliphatic carbocycles. The lowest BCUT2D eigenvalue weighted by molar-refractivity contribution is 0.572. The molecular formula is C15H19N3O. The Hall–Kier alpha value is -2.10. The van der Waals surface area contributed by atoms with Crippen LogP contribution in [0.15, 0.2) is 29.1 Å². The third-order valence-electron chi connectivity index (χ3n) is 3.10. The van der Waals surface area contributed by atoms with Gasteiger partial charge in [0.1, 0.15) is 5.69 Å². The predicted molar refractivity (Wildman–Crippen MR) is 78.1 cm³/mol. The lowest BCUT2D eigenvalue weighted by atomic mass is 10.0. The lowest BCUT2D eigenvalue weighted by Gasteiger charge is -2.10. The summed E-state index contributed by atoms with van der Waals surface area (Å²) in [6.07, 6.45) is 0.850. The van der Waals surface area contributed by atoms with Crippen molar-refractivity contribution < 1.29 is 0 Å². The van der Waals surface area contributed by atoms with Gasteiger partial charge in [-0.2, -0.15) is 5.10 Å². The van der Waals surface area contributed by atoms with Gasteiger partial charge in [0.2, 0.25) is 0 Å². The summed E-state index contributed by atoms with van der Waals surface area (Å²) < 4.78 is 1.45. The number of nitrogen functional groups attached to an aromatic ring is 1. The molecule has 0 unspecified atom stereocenters. The van der Waals surface area contributed by atoms with Gasteiger partial charge in [-0.1, -0.05) is 30.7 Å². The molecule has 0 radical (unpaired) electrons. The molecule has 0 amide bonds. The van der Waals surface area contributed by atoms with Gasteiger partial charge in [-0.25, -0.2) is 4.68 Å². The fraction of sp³-hybridized carbons (Fsp3) is 0.333. The van der Waals surface area contributed by atoms with E-state index in [1.807, 2.05) is 26.0 Å². The third-order valence-corrected chi connectivity index (χ3v) is 3.10. The highest BCUT2D eigenvalue weighted by atomic mass is 16.1. The monoisotopic (exact) mass is 257 g/mol. The van der Waals surface area contributed by atoms with Crippen LogP contribution in [0, 0.1) is 13.8 Å². The van der Waals surface area contributed by atoms with E-state index in [1.54, 1.807) is 6.07 Å². The highest BCUT2D eigenvalue weighted by Crippen LogP contribution is 2.22. The summed E-state index contributed by atoms with van der Waals surface area (Å²) in [6, 6.07) is 7.82. The summed E-state index contributed by atoms with van der Waals surface area (Å²) in [4.78, 5) is 11.9. The van der Waals surface area contributed by atoms with Crippen LogP contribution in [0.3, 0.4) is 0 Å². The Bertz CT molecular complexity index is 659. The average molecular weight is 257 g/mol. The maximum atomic E-state index is 11.9. The van der Waals surface area contributed by atoms with Crippen molar-refractivity contribution in [1.29, 1.82) is 0 Å². The second-order valence-corrected chi connectivity index (χ2v) is 4.83. The molecule has 0 saturated carbocycles. The topological polar surface area (TPSA) is 60.9 Å². The predicted octanol–water partition coefficient (Wildman–Crippen LogP) is 2.52. The Balaban J connectivity index is 2.59. The van der Waals surface area contributed by atoms with Crippen LogP contribution in [-0.4, -0.2) is 9.78 Å². The fourth-order valence-corrected chi connectivity index (χ4v) is 2.16. The largest absolute Gasteiger partial charge is 0.394 e. The van der Waals surface area contributed by atoms with E-state index in [-0.39, 0.29) is 11.2 Å². The molecule has 2 aromatic rings. The first kappa shape index (κ1) is 13.3. The number of aromatic nitrogens is 2. The molecule has 4 heteroatoms. The first-order chi connectivity index (χ1) is 9.02. The van der Waals surface area contributed by atoms with Crippen LogP contribution >= 0.6 is 0 Å². The smallest absolute Gasteiger partial charge is 0.289 e. The van der Waals surface area contributed by atoms with Crippen molar-refractivity contribution in [1.82, 2.24) is 9.78 Å². The molecule has 0 aliphatic rings. The molecule has 1 aromatic carbocycles. The highest BCUT2D eigenvalue weighted by Gasteiger charge is 2.09. The van der Waals surface area contributed by atoms with E-state index < -0.39 is 0 Å². The highest BCUT2D eigenvalue weighted by molar-refractivity contribution is 5.66. The van der Waals surface area contributed by atoms with E-state index in [4.69, 9.17) is 5.73 Å². The van der Waals surface area contributed by atoms with Crippen molar-refractivity contribution >= 4 is 5.69 Å². The summed E-state index contributed by atoms with van der Waals surface area (Å²) >= 11 is 0. The van der Waals surface area contributed by atoms with Crippen LogP contribution < -0.4 is 11.3 Å². The van der Waals surface area contributed by atoms with E-state index in [1.165, 1.54) is 10.2 Å². The summed E-state index contributed by atoms with van der Waals surface area (Å²) in [7, 11) is 0. The van der Waals surface area contributed by atoms with Gasteiger partial charge in [0, 0.05) is 12.1 Å². The summed E-state index contributed by atoms with van der Waals surface area (Å²) in [5.74, 6) is 0. The van der Waals surface area contributed by atoms with Crippen molar-refractivity contribution in [2.24, 2.45) is 0 Å². The van der Waals surface area contributed by atoms with E-state index in [0.29, 0.717) is 6.54 Å². The van der Waals surface area contributed by atoms with Gasteiger partial charge in [-0.15, -0.1) is 0 Å².